The van der Waals surface area contributed by atoms with Crippen LogP contribution in [-0.4, -0.2) is 44.9 Å². The highest BCUT2D eigenvalue weighted by Crippen LogP contribution is 2.31. The number of hydrogen-bond acceptors (Lipinski definition) is 4. The first-order chi connectivity index (χ1) is 12.2. The third-order valence-electron chi connectivity index (χ3n) is 4.86. The van der Waals surface area contributed by atoms with Crippen molar-refractivity contribution in [2.45, 2.75) is 39.0 Å². The van der Waals surface area contributed by atoms with E-state index in [2.05, 4.69) is 15.0 Å². The summed E-state index contributed by atoms with van der Waals surface area (Å²) in [7, 11) is 5.48. The number of aromatic nitrogens is 4. The second-order valence-corrected chi connectivity index (χ2v) is 6.99. The molecule has 6 nitrogen and oxygen atoms in total. The molecule has 0 radical (unpaired) electrons. The van der Waals surface area contributed by atoms with E-state index in [9.17, 15) is 13.2 Å². The van der Waals surface area contributed by atoms with Gasteiger partial charge in [-0.1, -0.05) is 0 Å². The fraction of sp³-hybridized carbons (Fsp3) is 0.647. The lowest BCUT2D eigenvalue weighted by atomic mass is 9.99. The predicted molar refractivity (Wildman–Crippen MR) is 89.9 cm³/mol. The molecule has 1 atom stereocenters. The zero-order valence-electron chi connectivity index (χ0n) is 15.5. The normalized spacial score (nSPS) is 17.6. The molecule has 0 spiro atoms. The summed E-state index contributed by atoms with van der Waals surface area (Å²) in [4.78, 5) is 5.91. The summed E-state index contributed by atoms with van der Waals surface area (Å²) in [6.07, 6.45) is -1.84. The Kier molecular flexibility index (Phi) is 5.01. The summed E-state index contributed by atoms with van der Waals surface area (Å²) >= 11 is 0. The number of rotatable bonds is 5. The molecular weight excluding hydrogens is 347 g/mol. The minimum absolute atomic E-state index is 0.283. The van der Waals surface area contributed by atoms with Crippen LogP contribution in [0.15, 0.2) is 6.20 Å². The molecule has 1 aliphatic rings. The number of aryl methyl sites for hydroxylation is 3. The summed E-state index contributed by atoms with van der Waals surface area (Å²) in [5.74, 6) is 1.55. The Morgan fingerprint density at radius 2 is 2.12 bits per heavy atom. The molecule has 0 unspecified atom stereocenters. The molecule has 3 heterocycles. The molecule has 144 valence electrons. The summed E-state index contributed by atoms with van der Waals surface area (Å²) in [6.45, 7) is 3.98. The second-order valence-electron chi connectivity index (χ2n) is 6.99. The monoisotopic (exact) mass is 371 g/mol. The number of halogens is 3. The van der Waals surface area contributed by atoms with Gasteiger partial charge in [0.05, 0.1) is 18.4 Å². The highest BCUT2D eigenvalue weighted by atomic mass is 19.4. The van der Waals surface area contributed by atoms with Crippen LogP contribution in [0.5, 0.6) is 5.88 Å². The molecular formula is C17H24F3N5O. The van der Waals surface area contributed by atoms with Gasteiger partial charge in [0.15, 0.2) is 5.69 Å². The van der Waals surface area contributed by atoms with Crippen LogP contribution < -0.4 is 4.74 Å². The molecule has 3 rings (SSSR count). The SMILES string of the molecule is COc1c(CN(C)C[C@H]2CCc3nc(C(F)(F)F)cn3C2)c(C)nn1C. The molecule has 0 amide bonds. The third-order valence-corrected chi connectivity index (χ3v) is 4.86. The zero-order valence-corrected chi connectivity index (χ0v) is 15.5. The molecule has 2 aromatic rings. The fourth-order valence-corrected chi connectivity index (χ4v) is 3.69. The maximum atomic E-state index is 12.8. The number of ether oxygens (including phenoxy) is 1. The van der Waals surface area contributed by atoms with Gasteiger partial charge < -0.3 is 14.2 Å². The van der Waals surface area contributed by atoms with Crippen LogP contribution in [0.2, 0.25) is 0 Å². The molecule has 0 N–H and O–H groups in total. The van der Waals surface area contributed by atoms with Gasteiger partial charge in [0.2, 0.25) is 5.88 Å². The zero-order chi connectivity index (χ0) is 19.1. The standard InChI is InChI=1S/C17H24F3N5O/c1-11-13(16(26-4)24(3)22-11)9-23(2)7-12-5-6-15-21-14(17(18,19)20)10-25(15)8-12/h10,12H,5-9H2,1-4H3/t12-/m1/s1. The molecule has 26 heavy (non-hydrogen) atoms. The van der Waals surface area contributed by atoms with E-state index in [1.165, 1.54) is 0 Å². The van der Waals surface area contributed by atoms with Crippen molar-refractivity contribution in [1.82, 2.24) is 24.2 Å². The number of alkyl halides is 3. The van der Waals surface area contributed by atoms with Crippen LogP contribution in [0.4, 0.5) is 13.2 Å². The number of methoxy groups -OCH3 is 1. The van der Waals surface area contributed by atoms with Crippen LogP contribution >= 0.6 is 0 Å². The van der Waals surface area contributed by atoms with Gasteiger partial charge in [-0.2, -0.15) is 18.3 Å². The minimum Gasteiger partial charge on any atom is -0.481 e. The predicted octanol–water partition coefficient (Wildman–Crippen LogP) is 2.65. The lowest BCUT2D eigenvalue weighted by molar-refractivity contribution is -0.141. The van der Waals surface area contributed by atoms with Gasteiger partial charge in [-0.05, 0) is 26.3 Å². The second kappa shape index (κ2) is 6.94. The van der Waals surface area contributed by atoms with Crippen molar-refractivity contribution in [3.05, 3.63) is 29.0 Å². The van der Waals surface area contributed by atoms with Crippen LogP contribution in [-0.2, 0) is 32.7 Å². The smallest absolute Gasteiger partial charge is 0.434 e. The van der Waals surface area contributed by atoms with E-state index >= 15 is 0 Å². The van der Waals surface area contributed by atoms with Crippen LogP contribution in [0.25, 0.3) is 0 Å². The Hall–Kier alpha value is -2.03. The average molecular weight is 371 g/mol. The molecule has 0 aromatic carbocycles. The van der Waals surface area contributed by atoms with E-state index < -0.39 is 11.9 Å². The number of imidazole rings is 1. The first-order valence-electron chi connectivity index (χ1n) is 8.57. The highest BCUT2D eigenvalue weighted by molar-refractivity contribution is 5.30. The Bertz CT molecular complexity index is 780. The minimum atomic E-state index is -4.38. The Morgan fingerprint density at radius 1 is 1.38 bits per heavy atom. The van der Waals surface area contributed by atoms with E-state index in [1.807, 2.05) is 21.0 Å². The van der Waals surface area contributed by atoms with Crippen LogP contribution in [0, 0.1) is 12.8 Å². The summed E-state index contributed by atoms with van der Waals surface area (Å²) in [6, 6.07) is 0. The van der Waals surface area contributed by atoms with Crippen molar-refractivity contribution >= 4 is 0 Å². The van der Waals surface area contributed by atoms with Gasteiger partial charge in [0, 0.05) is 39.3 Å². The van der Waals surface area contributed by atoms with Crippen molar-refractivity contribution in [3.63, 3.8) is 0 Å². The number of fused-ring (bicyclic) bond motifs is 1. The van der Waals surface area contributed by atoms with E-state index in [4.69, 9.17) is 4.74 Å². The maximum Gasteiger partial charge on any atom is 0.434 e. The molecule has 9 heteroatoms. The largest absolute Gasteiger partial charge is 0.481 e. The molecule has 0 aliphatic carbocycles. The van der Waals surface area contributed by atoms with E-state index in [1.54, 1.807) is 16.4 Å². The summed E-state index contributed by atoms with van der Waals surface area (Å²) in [5.41, 5.74) is 1.17. The summed E-state index contributed by atoms with van der Waals surface area (Å²) in [5, 5.41) is 4.38. The Labute approximate surface area is 150 Å². The van der Waals surface area contributed by atoms with E-state index in [0.717, 1.165) is 36.3 Å². The van der Waals surface area contributed by atoms with Crippen molar-refractivity contribution in [3.8, 4) is 5.88 Å². The van der Waals surface area contributed by atoms with Gasteiger partial charge in [0.25, 0.3) is 0 Å². The Morgan fingerprint density at radius 3 is 2.77 bits per heavy atom. The lowest BCUT2D eigenvalue weighted by Gasteiger charge is -2.28. The van der Waals surface area contributed by atoms with Gasteiger partial charge in [0.1, 0.15) is 5.82 Å². The van der Waals surface area contributed by atoms with Crippen molar-refractivity contribution in [1.29, 1.82) is 0 Å². The van der Waals surface area contributed by atoms with E-state index in [-0.39, 0.29) is 5.92 Å². The Balaban J connectivity index is 1.64. The van der Waals surface area contributed by atoms with Gasteiger partial charge >= 0.3 is 6.18 Å². The third kappa shape index (κ3) is 3.72. The number of nitrogens with zero attached hydrogens (tertiary/aromatic N) is 5. The van der Waals surface area contributed by atoms with Gasteiger partial charge in [-0.15, -0.1) is 0 Å². The quantitative estimate of drug-likeness (QED) is 0.811. The molecule has 0 fully saturated rings. The van der Waals surface area contributed by atoms with Crippen molar-refractivity contribution < 1.29 is 17.9 Å². The molecule has 0 bridgehead atoms. The van der Waals surface area contributed by atoms with E-state index in [0.29, 0.717) is 25.3 Å². The topological polar surface area (TPSA) is 48.1 Å². The molecule has 2 aromatic heterocycles. The highest BCUT2D eigenvalue weighted by Gasteiger charge is 2.35. The fourth-order valence-electron chi connectivity index (χ4n) is 3.69. The van der Waals surface area contributed by atoms with Crippen molar-refractivity contribution in [2.75, 3.05) is 20.7 Å². The van der Waals surface area contributed by atoms with Gasteiger partial charge in [-0.3, -0.25) is 0 Å². The first kappa shape index (κ1) is 18.8. The lowest BCUT2D eigenvalue weighted by Crippen LogP contribution is -2.31. The maximum absolute atomic E-state index is 12.8. The van der Waals surface area contributed by atoms with Crippen molar-refractivity contribution in [2.24, 2.45) is 13.0 Å². The average Bonchev–Trinajstić information content (AvgIpc) is 3.08. The first-order valence-corrected chi connectivity index (χ1v) is 8.57. The summed E-state index contributed by atoms with van der Waals surface area (Å²) < 4.78 is 47.3. The molecule has 0 saturated heterocycles. The van der Waals surface area contributed by atoms with Crippen LogP contribution in [0.3, 0.4) is 0 Å². The van der Waals surface area contributed by atoms with Crippen LogP contribution in [0.1, 0.15) is 29.2 Å². The molecule has 0 saturated carbocycles. The molecule has 1 aliphatic heterocycles. The van der Waals surface area contributed by atoms with Gasteiger partial charge in [-0.25, -0.2) is 9.67 Å². The number of hydrogen-bond donors (Lipinski definition) is 0.